The van der Waals surface area contributed by atoms with Crippen LogP contribution in [0, 0.1) is 0 Å². The lowest BCUT2D eigenvalue weighted by Gasteiger charge is -2.36. The minimum Gasteiger partial charge on any atom is -0.389 e. The second-order valence-electron chi connectivity index (χ2n) is 9.44. The molecule has 0 aromatic heterocycles. The van der Waals surface area contributed by atoms with Gasteiger partial charge in [0, 0.05) is 0 Å². The van der Waals surface area contributed by atoms with Gasteiger partial charge in [0.1, 0.15) is 0 Å². The molecule has 2 aliphatic rings. The fourth-order valence-electron chi connectivity index (χ4n) is 4.47. The lowest BCUT2D eigenvalue weighted by molar-refractivity contribution is -0.0756. The van der Waals surface area contributed by atoms with Crippen molar-refractivity contribution in [3.63, 3.8) is 0 Å². The van der Waals surface area contributed by atoms with Gasteiger partial charge in [0.05, 0.1) is 65.1 Å². The molecule has 0 radical (unpaired) electrons. The molecule has 0 aromatic carbocycles. The van der Waals surface area contributed by atoms with Crippen LogP contribution in [0.25, 0.3) is 0 Å². The van der Waals surface area contributed by atoms with Crippen LogP contribution < -0.4 is 0 Å². The van der Waals surface area contributed by atoms with E-state index in [0.29, 0.717) is 52.9 Å². The van der Waals surface area contributed by atoms with E-state index >= 15 is 0 Å². The van der Waals surface area contributed by atoms with Crippen molar-refractivity contribution in [1.29, 1.82) is 0 Å². The monoisotopic (exact) mass is 498 g/mol. The van der Waals surface area contributed by atoms with Crippen molar-refractivity contribution in [3.05, 3.63) is 24.4 Å². The Bertz CT molecular complexity index is 531. The van der Waals surface area contributed by atoms with Gasteiger partial charge < -0.3 is 27.8 Å². The number of ether oxygens (including phenoxy) is 4. The Labute approximate surface area is 209 Å². The molecule has 0 aromatic rings. The van der Waals surface area contributed by atoms with Crippen molar-refractivity contribution >= 4 is 8.56 Å². The Balaban J connectivity index is 1.84. The van der Waals surface area contributed by atoms with E-state index in [0.717, 1.165) is 25.7 Å². The fourth-order valence-corrected chi connectivity index (χ4v) is 6.67. The largest absolute Gasteiger partial charge is 0.389 e. The van der Waals surface area contributed by atoms with Crippen molar-refractivity contribution in [2.24, 2.45) is 0 Å². The Kier molecular flexibility index (Phi) is 17.1. The molecular formula is C27H50O6Si. The zero-order valence-electron chi connectivity index (χ0n) is 21.7. The molecule has 2 rings (SSSR count). The highest BCUT2D eigenvalue weighted by Gasteiger charge is 2.36. The van der Waals surface area contributed by atoms with Gasteiger partial charge in [-0.25, -0.2) is 0 Å². The Hall–Kier alpha value is -0.543. The molecule has 1 aliphatic carbocycles. The summed E-state index contributed by atoms with van der Waals surface area (Å²) in [6, 6.07) is 0. The van der Waals surface area contributed by atoms with Gasteiger partial charge in [-0.1, -0.05) is 50.7 Å². The lowest BCUT2D eigenvalue weighted by atomic mass is 9.95. The van der Waals surface area contributed by atoms with E-state index < -0.39 is 8.56 Å². The van der Waals surface area contributed by atoms with E-state index in [4.69, 9.17) is 27.8 Å². The highest BCUT2D eigenvalue weighted by atomic mass is 28.4. The Morgan fingerprint density at radius 3 is 1.94 bits per heavy atom. The average molecular weight is 499 g/mol. The highest BCUT2D eigenvalue weighted by Crippen LogP contribution is 2.27. The third kappa shape index (κ3) is 14.1. The maximum absolute atomic E-state index is 6.73. The molecule has 34 heavy (non-hydrogen) atoms. The van der Waals surface area contributed by atoms with Gasteiger partial charge in [0.2, 0.25) is 0 Å². The van der Waals surface area contributed by atoms with Gasteiger partial charge in [-0.05, 0) is 50.8 Å². The van der Waals surface area contributed by atoms with Crippen molar-refractivity contribution in [2.45, 2.75) is 95.8 Å². The molecule has 2 fully saturated rings. The first kappa shape index (κ1) is 29.7. The van der Waals surface area contributed by atoms with Crippen LogP contribution in [-0.2, 0) is 27.8 Å². The summed E-state index contributed by atoms with van der Waals surface area (Å²) in [5, 5.41) is 0. The first-order valence-electron chi connectivity index (χ1n) is 13.7. The smallest absolute Gasteiger partial charge is 0.361 e. The van der Waals surface area contributed by atoms with Crippen molar-refractivity contribution in [3.8, 4) is 0 Å². The van der Waals surface area contributed by atoms with Gasteiger partial charge in [-0.15, -0.1) is 6.58 Å². The second kappa shape index (κ2) is 19.6. The molecule has 7 heteroatoms. The van der Waals surface area contributed by atoms with Crippen LogP contribution in [0.5, 0.6) is 0 Å². The summed E-state index contributed by atoms with van der Waals surface area (Å²) in [4.78, 5) is 0. The average Bonchev–Trinajstić information content (AvgIpc) is 2.84. The van der Waals surface area contributed by atoms with E-state index in [1.807, 2.05) is 6.08 Å². The summed E-state index contributed by atoms with van der Waals surface area (Å²) in [5.41, 5.74) is 2.24. The third-order valence-electron chi connectivity index (χ3n) is 6.40. The van der Waals surface area contributed by atoms with Gasteiger partial charge in [-0.3, -0.25) is 0 Å². The first-order valence-corrected chi connectivity index (χ1v) is 16.1. The maximum Gasteiger partial charge on any atom is 0.361 e. The first-order chi connectivity index (χ1) is 16.7. The summed E-state index contributed by atoms with van der Waals surface area (Å²) in [7, 11) is -2.49. The van der Waals surface area contributed by atoms with Gasteiger partial charge in [0.25, 0.3) is 0 Å². The third-order valence-corrected chi connectivity index (χ3v) is 8.79. The van der Waals surface area contributed by atoms with E-state index in [-0.39, 0.29) is 12.2 Å². The molecule has 0 N–H and O–H groups in total. The molecule has 1 saturated heterocycles. The molecule has 1 heterocycles. The lowest BCUT2D eigenvalue weighted by Crippen LogP contribution is -2.47. The summed E-state index contributed by atoms with van der Waals surface area (Å²) >= 11 is 0. The molecule has 0 amide bonds. The van der Waals surface area contributed by atoms with E-state index in [1.54, 1.807) is 0 Å². The standard InChI is InChI=1S/C27H50O6Si/c1-3-4-5-6-7-8-9-10-11-14-25-34(2)32-24-22-30-20-18-28-17-19-29-21-23-31-26-15-12-13-16-27(26)33-34/h3,14,25-27H,1,4-13,15-24H2,2H3/b25-14-. The van der Waals surface area contributed by atoms with Crippen molar-refractivity contribution in [1.82, 2.24) is 0 Å². The molecule has 198 valence electrons. The summed E-state index contributed by atoms with van der Waals surface area (Å²) in [6.45, 7) is 10.5. The summed E-state index contributed by atoms with van der Waals surface area (Å²) in [5.74, 6) is 0. The normalized spacial score (nSPS) is 28.9. The molecule has 0 spiro atoms. The van der Waals surface area contributed by atoms with E-state index in [2.05, 4.69) is 24.9 Å². The van der Waals surface area contributed by atoms with E-state index in [1.165, 1.54) is 51.4 Å². The highest BCUT2D eigenvalue weighted by molar-refractivity contribution is 6.71. The van der Waals surface area contributed by atoms with Crippen LogP contribution in [0.3, 0.4) is 0 Å². The molecule has 1 saturated carbocycles. The SMILES string of the molecule is C=CCCCCCCCC/C=C\[Si]1(C)OCCOCCOCCOCCOC2CCCCC2O1. The van der Waals surface area contributed by atoms with Crippen LogP contribution >= 0.6 is 0 Å². The van der Waals surface area contributed by atoms with Crippen molar-refractivity contribution < 1.29 is 27.8 Å². The number of hydrogen-bond acceptors (Lipinski definition) is 6. The van der Waals surface area contributed by atoms with Crippen LogP contribution in [0.4, 0.5) is 0 Å². The van der Waals surface area contributed by atoms with Crippen LogP contribution in [-0.4, -0.2) is 73.6 Å². The van der Waals surface area contributed by atoms with Gasteiger partial charge in [0.15, 0.2) is 0 Å². The topological polar surface area (TPSA) is 55.4 Å². The molecular weight excluding hydrogens is 448 g/mol. The zero-order valence-corrected chi connectivity index (χ0v) is 22.7. The zero-order chi connectivity index (χ0) is 24.2. The van der Waals surface area contributed by atoms with Gasteiger partial charge in [-0.2, -0.15) is 0 Å². The van der Waals surface area contributed by atoms with Crippen LogP contribution in [0.15, 0.2) is 24.4 Å². The fraction of sp³-hybridized carbons (Fsp3) is 0.852. The summed E-state index contributed by atoms with van der Waals surface area (Å²) < 4.78 is 36.1. The molecule has 3 unspecified atom stereocenters. The number of unbranched alkanes of at least 4 members (excludes halogenated alkanes) is 7. The van der Waals surface area contributed by atoms with E-state index in [9.17, 15) is 0 Å². The van der Waals surface area contributed by atoms with Crippen LogP contribution in [0.1, 0.15) is 77.0 Å². The number of hydrogen-bond donors (Lipinski definition) is 0. The quantitative estimate of drug-likeness (QED) is 0.213. The summed E-state index contributed by atoms with van der Waals surface area (Å²) in [6.07, 6.45) is 18.9. The van der Waals surface area contributed by atoms with Crippen molar-refractivity contribution in [2.75, 3.05) is 52.9 Å². The number of allylic oxidation sites excluding steroid dienone is 2. The molecule has 3 atom stereocenters. The van der Waals surface area contributed by atoms with Gasteiger partial charge >= 0.3 is 8.56 Å². The second-order valence-corrected chi connectivity index (χ2v) is 12.3. The predicted octanol–water partition coefficient (Wildman–Crippen LogP) is 5.89. The number of rotatable bonds is 10. The maximum atomic E-state index is 6.73. The predicted molar refractivity (Wildman–Crippen MR) is 139 cm³/mol. The molecule has 1 aliphatic heterocycles. The molecule has 0 bridgehead atoms. The minimum atomic E-state index is -2.49. The number of fused-ring (bicyclic) bond motifs is 1. The Morgan fingerprint density at radius 1 is 0.706 bits per heavy atom. The van der Waals surface area contributed by atoms with Crippen LogP contribution in [0.2, 0.25) is 6.55 Å². The minimum absolute atomic E-state index is 0.0885. The Morgan fingerprint density at radius 2 is 1.26 bits per heavy atom. The molecule has 6 nitrogen and oxygen atoms in total.